The molecule has 1 unspecified atom stereocenters. The third kappa shape index (κ3) is 3.09. The van der Waals surface area contributed by atoms with Crippen LogP contribution in [0.5, 0.6) is 5.75 Å². The molecular weight excluding hydrogens is 244 g/mol. The molecule has 0 aliphatic rings. The van der Waals surface area contributed by atoms with E-state index in [9.17, 15) is 0 Å². The van der Waals surface area contributed by atoms with Crippen molar-refractivity contribution in [1.29, 1.82) is 0 Å². The average molecular weight is 262 g/mol. The van der Waals surface area contributed by atoms with Crippen molar-refractivity contribution < 1.29 is 4.74 Å². The minimum Gasteiger partial charge on any atom is -0.497 e. The van der Waals surface area contributed by atoms with Gasteiger partial charge in [-0.1, -0.05) is 19.1 Å². The third-order valence-electron chi connectivity index (χ3n) is 2.76. The van der Waals surface area contributed by atoms with Gasteiger partial charge in [-0.2, -0.15) is 0 Å². The molecule has 0 aliphatic heterocycles. The van der Waals surface area contributed by atoms with Crippen LogP contribution in [0.1, 0.15) is 29.8 Å². The number of benzene rings is 1. The van der Waals surface area contributed by atoms with E-state index in [4.69, 9.17) is 4.74 Å². The molecule has 1 N–H and O–H groups in total. The van der Waals surface area contributed by atoms with E-state index in [0.29, 0.717) is 0 Å². The predicted octanol–water partition coefficient (Wildman–Crippen LogP) is 3.24. The highest BCUT2D eigenvalue weighted by Crippen LogP contribution is 2.27. The summed E-state index contributed by atoms with van der Waals surface area (Å²) in [5.41, 5.74) is 3.09. The Balaban J connectivity index is 2.27. The van der Waals surface area contributed by atoms with Gasteiger partial charge in [-0.05, 0) is 30.7 Å². The van der Waals surface area contributed by atoms with E-state index in [0.717, 1.165) is 18.7 Å². The summed E-state index contributed by atoms with van der Waals surface area (Å²) in [5.74, 6) is 0.889. The maximum atomic E-state index is 5.29. The first-order valence-electron chi connectivity index (χ1n) is 6.11. The average Bonchev–Trinajstić information content (AvgIpc) is 2.93. The number of methoxy groups -OCH3 is 1. The lowest BCUT2D eigenvalue weighted by molar-refractivity contribution is 0.413. The van der Waals surface area contributed by atoms with E-state index >= 15 is 0 Å². The molecule has 96 valence electrons. The Labute approximate surface area is 112 Å². The van der Waals surface area contributed by atoms with Crippen LogP contribution in [0.3, 0.4) is 0 Å². The smallest absolute Gasteiger partial charge is 0.119 e. The lowest BCUT2D eigenvalue weighted by atomic mass is 10.1. The molecule has 4 heteroatoms. The third-order valence-corrected chi connectivity index (χ3v) is 3.60. The topological polar surface area (TPSA) is 34.1 Å². The minimum absolute atomic E-state index is 0.201. The molecular formula is C14H18N2OS. The molecule has 1 heterocycles. The molecule has 0 fully saturated rings. The number of hydrogen-bond acceptors (Lipinski definition) is 4. The van der Waals surface area contributed by atoms with E-state index < -0.39 is 0 Å². The van der Waals surface area contributed by atoms with E-state index in [1.807, 2.05) is 23.8 Å². The number of nitrogens with zero attached hydrogens (tertiary/aromatic N) is 1. The molecule has 0 aliphatic carbocycles. The van der Waals surface area contributed by atoms with Gasteiger partial charge in [0.25, 0.3) is 0 Å². The number of hydrogen-bond donors (Lipinski definition) is 1. The van der Waals surface area contributed by atoms with Crippen molar-refractivity contribution in [2.45, 2.75) is 19.4 Å². The van der Waals surface area contributed by atoms with Crippen LogP contribution in [0.25, 0.3) is 0 Å². The van der Waals surface area contributed by atoms with Gasteiger partial charge < -0.3 is 10.1 Å². The molecule has 18 heavy (non-hydrogen) atoms. The highest BCUT2D eigenvalue weighted by molar-refractivity contribution is 7.09. The number of nitrogens with one attached hydrogen (secondary N) is 1. The molecule has 0 bridgehead atoms. The van der Waals surface area contributed by atoms with Crippen molar-refractivity contribution in [2.24, 2.45) is 0 Å². The predicted molar refractivity (Wildman–Crippen MR) is 75.2 cm³/mol. The van der Waals surface area contributed by atoms with Crippen molar-refractivity contribution in [3.63, 3.8) is 0 Å². The summed E-state index contributed by atoms with van der Waals surface area (Å²) in [5, 5.41) is 3.55. The molecule has 0 saturated heterocycles. The standard InChI is InChI=1S/C14H18N2OS/c1-3-7-16-14(13-9-15-10-18-13)11-5-4-6-12(8-11)17-2/h4-6,8-10,14,16H,3,7H2,1-2H3. The number of aromatic nitrogens is 1. The van der Waals surface area contributed by atoms with Gasteiger partial charge in [0.1, 0.15) is 5.75 Å². The second kappa shape index (κ2) is 6.52. The fraction of sp³-hybridized carbons (Fsp3) is 0.357. The van der Waals surface area contributed by atoms with Crippen LogP contribution in [0.2, 0.25) is 0 Å². The summed E-state index contributed by atoms with van der Waals surface area (Å²) < 4.78 is 5.29. The maximum absolute atomic E-state index is 5.29. The Kier molecular flexibility index (Phi) is 4.73. The summed E-state index contributed by atoms with van der Waals surface area (Å²) in [4.78, 5) is 5.40. The van der Waals surface area contributed by atoms with E-state index in [1.165, 1.54) is 10.4 Å². The SMILES string of the molecule is CCCNC(c1cccc(OC)c1)c1cncs1. The zero-order chi connectivity index (χ0) is 12.8. The zero-order valence-corrected chi connectivity index (χ0v) is 11.5. The molecule has 0 radical (unpaired) electrons. The van der Waals surface area contributed by atoms with Crippen LogP contribution in [0.4, 0.5) is 0 Å². The van der Waals surface area contributed by atoms with Crippen LogP contribution in [-0.2, 0) is 0 Å². The molecule has 0 spiro atoms. The van der Waals surface area contributed by atoms with E-state index in [-0.39, 0.29) is 6.04 Å². The number of rotatable bonds is 6. The van der Waals surface area contributed by atoms with Gasteiger partial charge in [0.2, 0.25) is 0 Å². The quantitative estimate of drug-likeness (QED) is 0.867. The van der Waals surface area contributed by atoms with Gasteiger partial charge in [-0.25, -0.2) is 0 Å². The summed E-state index contributed by atoms with van der Waals surface area (Å²) >= 11 is 1.68. The van der Waals surface area contributed by atoms with Gasteiger partial charge in [0.15, 0.2) is 0 Å². The van der Waals surface area contributed by atoms with Gasteiger partial charge in [-0.3, -0.25) is 4.98 Å². The molecule has 1 aromatic heterocycles. The van der Waals surface area contributed by atoms with Crippen molar-refractivity contribution in [3.05, 3.63) is 46.4 Å². The Morgan fingerprint density at radius 1 is 1.44 bits per heavy atom. The molecule has 1 aromatic carbocycles. The molecule has 2 aromatic rings. The van der Waals surface area contributed by atoms with Gasteiger partial charge in [0, 0.05) is 11.1 Å². The van der Waals surface area contributed by atoms with Crippen molar-refractivity contribution in [2.75, 3.05) is 13.7 Å². The van der Waals surface area contributed by atoms with E-state index in [1.54, 1.807) is 18.4 Å². The van der Waals surface area contributed by atoms with Crippen molar-refractivity contribution in [1.82, 2.24) is 10.3 Å². The summed E-state index contributed by atoms with van der Waals surface area (Å²) in [7, 11) is 1.69. The first-order valence-corrected chi connectivity index (χ1v) is 6.98. The molecule has 0 amide bonds. The molecule has 0 saturated carbocycles. The molecule has 3 nitrogen and oxygen atoms in total. The Morgan fingerprint density at radius 2 is 2.33 bits per heavy atom. The normalized spacial score (nSPS) is 12.3. The van der Waals surface area contributed by atoms with Gasteiger partial charge in [-0.15, -0.1) is 11.3 Å². The van der Waals surface area contributed by atoms with Crippen LogP contribution < -0.4 is 10.1 Å². The summed E-state index contributed by atoms with van der Waals surface area (Å²) in [6, 6.07) is 8.39. The van der Waals surface area contributed by atoms with Crippen LogP contribution in [0.15, 0.2) is 36.0 Å². The molecule has 1 atom stereocenters. The fourth-order valence-electron chi connectivity index (χ4n) is 1.86. The Morgan fingerprint density at radius 3 is 3.00 bits per heavy atom. The maximum Gasteiger partial charge on any atom is 0.119 e. The molecule has 2 rings (SSSR count). The van der Waals surface area contributed by atoms with Gasteiger partial charge >= 0.3 is 0 Å². The largest absolute Gasteiger partial charge is 0.497 e. The summed E-state index contributed by atoms with van der Waals surface area (Å²) in [6.07, 6.45) is 3.04. The Hall–Kier alpha value is -1.39. The highest BCUT2D eigenvalue weighted by Gasteiger charge is 2.15. The highest BCUT2D eigenvalue weighted by atomic mass is 32.1. The zero-order valence-electron chi connectivity index (χ0n) is 10.7. The van der Waals surface area contributed by atoms with E-state index in [2.05, 4.69) is 29.4 Å². The van der Waals surface area contributed by atoms with Gasteiger partial charge in [0.05, 0.1) is 18.7 Å². The fourth-order valence-corrected chi connectivity index (χ4v) is 2.58. The first-order chi connectivity index (χ1) is 8.85. The van der Waals surface area contributed by atoms with Crippen LogP contribution in [-0.4, -0.2) is 18.6 Å². The van der Waals surface area contributed by atoms with Crippen LogP contribution >= 0.6 is 11.3 Å². The number of ether oxygens (including phenoxy) is 1. The first kappa shape index (κ1) is 13.1. The van der Waals surface area contributed by atoms with Crippen LogP contribution in [0, 0.1) is 0 Å². The second-order valence-corrected chi connectivity index (χ2v) is 4.99. The summed E-state index contributed by atoms with van der Waals surface area (Å²) in [6.45, 7) is 3.15. The van der Waals surface area contributed by atoms with Crippen molar-refractivity contribution in [3.8, 4) is 5.75 Å². The lowest BCUT2D eigenvalue weighted by Gasteiger charge is -2.17. The number of thiazole rings is 1. The minimum atomic E-state index is 0.201. The monoisotopic (exact) mass is 262 g/mol. The second-order valence-electron chi connectivity index (χ2n) is 4.07. The Bertz CT molecular complexity index is 470. The lowest BCUT2D eigenvalue weighted by Crippen LogP contribution is -2.22. The van der Waals surface area contributed by atoms with Crippen molar-refractivity contribution >= 4 is 11.3 Å².